The van der Waals surface area contributed by atoms with Gasteiger partial charge in [0.2, 0.25) is 5.91 Å². The highest BCUT2D eigenvalue weighted by Crippen LogP contribution is 2.34. The van der Waals surface area contributed by atoms with Gasteiger partial charge in [-0.25, -0.2) is 0 Å². The molecule has 4 aromatic rings. The number of phenolic OH excluding ortho intramolecular Hbond substituents is 2. The average molecular weight is 554 g/mol. The van der Waals surface area contributed by atoms with Crippen LogP contribution in [-0.2, 0) is 19.7 Å². The molecular formula is C29H31NO8S. The lowest BCUT2D eigenvalue weighted by atomic mass is 10.00. The zero-order chi connectivity index (χ0) is 29.2. The second-order valence-electron chi connectivity index (χ2n) is 9.53. The zero-order valence-electron chi connectivity index (χ0n) is 22.3. The van der Waals surface area contributed by atoms with E-state index in [0.29, 0.717) is 22.0 Å². The average Bonchev–Trinajstić information content (AvgIpc) is 2.85. The van der Waals surface area contributed by atoms with Gasteiger partial charge >= 0.3 is 5.97 Å². The molecule has 0 aromatic heterocycles. The number of carboxylic acids is 1. The van der Waals surface area contributed by atoms with Crippen LogP contribution in [0.5, 0.6) is 11.5 Å². The Kier molecular flexibility index (Phi) is 8.52. The first kappa shape index (κ1) is 29.4. The predicted molar refractivity (Wildman–Crippen MR) is 150 cm³/mol. The third-order valence-corrected chi connectivity index (χ3v) is 7.67. The van der Waals surface area contributed by atoms with Gasteiger partial charge in [0.1, 0.15) is 11.5 Å². The van der Waals surface area contributed by atoms with Crippen molar-refractivity contribution in [1.82, 2.24) is 0 Å². The van der Waals surface area contributed by atoms with Crippen LogP contribution >= 0.6 is 0 Å². The summed E-state index contributed by atoms with van der Waals surface area (Å²) in [7, 11) is -4.24. The lowest BCUT2D eigenvalue weighted by Gasteiger charge is -2.11. The molecule has 0 saturated carbocycles. The van der Waals surface area contributed by atoms with Gasteiger partial charge < -0.3 is 20.6 Å². The minimum absolute atomic E-state index is 0.0639. The third kappa shape index (κ3) is 6.65. The lowest BCUT2D eigenvalue weighted by Crippen LogP contribution is -2.13. The van der Waals surface area contributed by atoms with E-state index in [0.717, 1.165) is 33.0 Å². The van der Waals surface area contributed by atoms with Crippen LogP contribution in [0.4, 0.5) is 5.69 Å². The van der Waals surface area contributed by atoms with Crippen molar-refractivity contribution in [3.8, 4) is 11.5 Å². The number of anilines is 1. The molecule has 0 saturated heterocycles. The maximum atomic E-state index is 11.6. The van der Waals surface area contributed by atoms with Crippen molar-refractivity contribution in [2.24, 2.45) is 0 Å². The molecule has 10 heteroatoms. The van der Waals surface area contributed by atoms with Gasteiger partial charge in [0.05, 0.1) is 11.3 Å². The number of nitrogens with one attached hydrogen (secondary N) is 1. The van der Waals surface area contributed by atoms with E-state index in [-0.39, 0.29) is 35.1 Å². The molecular weight excluding hydrogens is 522 g/mol. The Bertz CT molecular complexity index is 1730. The number of aryl methyl sites for hydroxylation is 3. The molecule has 0 heterocycles. The summed E-state index contributed by atoms with van der Waals surface area (Å²) < 4.78 is 31.6. The number of hydrogen-bond donors (Lipinski definition) is 5. The SMILES string of the molecule is Cc1cc2c(O)c(C)c(C)cc2cc1S(=O)(=O)O.Cc1cc2cc(NC(=O)CCC(=O)O)ccc2c(O)c1C. The van der Waals surface area contributed by atoms with Crippen LogP contribution in [-0.4, -0.2) is 40.2 Å². The first-order chi connectivity index (χ1) is 18.1. The molecule has 9 nitrogen and oxygen atoms in total. The monoisotopic (exact) mass is 553 g/mol. The Hall–Kier alpha value is -4.15. The fraction of sp³-hybridized carbons (Fsp3) is 0.241. The van der Waals surface area contributed by atoms with Gasteiger partial charge in [-0.2, -0.15) is 8.42 Å². The van der Waals surface area contributed by atoms with Crippen molar-refractivity contribution in [2.75, 3.05) is 5.32 Å². The number of rotatable bonds is 5. The number of amides is 1. The van der Waals surface area contributed by atoms with E-state index >= 15 is 0 Å². The Morgan fingerprint density at radius 2 is 1.28 bits per heavy atom. The summed E-state index contributed by atoms with van der Waals surface area (Å²) in [6.45, 7) is 8.98. The summed E-state index contributed by atoms with van der Waals surface area (Å²) in [4.78, 5) is 21.9. The highest BCUT2D eigenvalue weighted by atomic mass is 32.2. The molecule has 0 spiro atoms. The number of hydrogen-bond acceptors (Lipinski definition) is 6. The molecule has 4 aromatic carbocycles. The van der Waals surface area contributed by atoms with Crippen LogP contribution in [0.15, 0.2) is 47.4 Å². The molecule has 0 radical (unpaired) electrons. The van der Waals surface area contributed by atoms with Crippen LogP contribution in [0.3, 0.4) is 0 Å². The summed E-state index contributed by atoms with van der Waals surface area (Å²) in [5, 5.41) is 34.1. The molecule has 0 atom stereocenters. The number of aromatic hydroxyl groups is 2. The zero-order valence-corrected chi connectivity index (χ0v) is 23.1. The largest absolute Gasteiger partial charge is 0.507 e. The molecule has 206 valence electrons. The molecule has 0 bridgehead atoms. The molecule has 4 rings (SSSR count). The highest BCUT2D eigenvalue weighted by molar-refractivity contribution is 7.85. The molecule has 0 aliphatic heterocycles. The fourth-order valence-electron chi connectivity index (χ4n) is 4.19. The number of phenols is 2. The van der Waals surface area contributed by atoms with Gasteiger partial charge in [-0.15, -0.1) is 0 Å². The van der Waals surface area contributed by atoms with Crippen molar-refractivity contribution < 1.29 is 37.9 Å². The Morgan fingerprint density at radius 3 is 1.82 bits per heavy atom. The van der Waals surface area contributed by atoms with Crippen molar-refractivity contribution in [3.05, 3.63) is 70.3 Å². The number of aliphatic carboxylic acids is 1. The normalized spacial score (nSPS) is 11.2. The van der Waals surface area contributed by atoms with Gasteiger partial charge in [-0.3, -0.25) is 14.1 Å². The standard InChI is InChI=1S/C16H17NO4.C13H14O4S/c1-9-7-11-8-12(17-14(18)5-6-15(19)20)3-4-13(11)16(21)10(9)2;1-7-4-10-6-12(18(15,16)17)8(2)5-11(10)13(14)9(7)3/h3-4,7-8,21H,5-6H2,1-2H3,(H,17,18)(H,19,20);4-6,14H,1-3H3,(H,15,16,17). The van der Waals surface area contributed by atoms with E-state index in [1.165, 1.54) is 6.07 Å². The third-order valence-electron chi connectivity index (χ3n) is 6.67. The van der Waals surface area contributed by atoms with E-state index in [2.05, 4.69) is 5.32 Å². The van der Waals surface area contributed by atoms with E-state index in [4.69, 9.17) is 9.66 Å². The summed E-state index contributed by atoms with van der Waals surface area (Å²) in [5.41, 5.74) is 4.42. The van der Waals surface area contributed by atoms with Gasteiger partial charge in [0.25, 0.3) is 10.1 Å². The minimum Gasteiger partial charge on any atom is -0.507 e. The van der Waals surface area contributed by atoms with Crippen LogP contribution in [0.25, 0.3) is 21.5 Å². The number of carbonyl (C=O) groups is 2. The summed E-state index contributed by atoms with van der Waals surface area (Å²) in [5.74, 6) is -0.951. The summed E-state index contributed by atoms with van der Waals surface area (Å²) in [6, 6.07) is 11.9. The van der Waals surface area contributed by atoms with Crippen molar-refractivity contribution in [2.45, 2.75) is 52.4 Å². The second kappa shape index (κ2) is 11.3. The lowest BCUT2D eigenvalue weighted by molar-refractivity contribution is -0.138. The van der Waals surface area contributed by atoms with Crippen LogP contribution in [0.2, 0.25) is 0 Å². The molecule has 39 heavy (non-hydrogen) atoms. The number of fused-ring (bicyclic) bond motifs is 2. The molecule has 0 aliphatic carbocycles. The van der Waals surface area contributed by atoms with Crippen molar-refractivity contribution in [1.29, 1.82) is 0 Å². The van der Waals surface area contributed by atoms with Crippen molar-refractivity contribution >= 4 is 49.2 Å². The van der Waals surface area contributed by atoms with Gasteiger partial charge in [-0.1, -0.05) is 12.1 Å². The topological polar surface area (TPSA) is 161 Å². The number of benzene rings is 4. The van der Waals surface area contributed by atoms with E-state index in [1.807, 2.05) is 26.8 Å². The van der Waals surface area contributed by atoms with Crippen molar-refractivity contribution in [3.63, 3.8) is 0 Å². The Labute approximate surface area is 226 Å². The summed E-state index contributed by atoms with van der Waals surface area (Å²) >= 11 is 0. The smallest absolute Gasteiger partial charge is 0.303 e. The quantitative estimate of drug-likeness (QED) is 0.197. The number of carbonyl (C=O) groups excluding carboxylic acids is 1. The van der Waals surface area contributed by atoms with Crippen LogP contribution in [0.1, 0.15) is 40.7 Å². The van der Waals surface area contributed by atoms with Gasteiger partial charge in [0.15, 0.2) is 0 Å². The predicted octanol–water partition coefficient (Wildman–Crippen LogP) is 5.68. The van der Waals surface area contributed by atoms with E-state index in [9.17, 15) is 28.2 Å². The molecule has 0 unspecified atom stereocenters. The second-order valence-corrected chi connectivity index (χ2v) is 10.9. The molecule has 0 fully saturated rings. The van der Waals surface area contributed by atoms with Crippen LogP contribution < -0.4 is 5.32 Å². The van der Waals surface area contributed by atoms with Gasteiger partial charge in [0, 0.05) is 22.9 Å². The Balaban J connectivity index is 0.000000218. The van der Waals surface area contributed by atoms with E-state index < -0.39 is 16.1 Å². The van der Waals surface area contributed by atoms with Crippen LogP contribution in [0, 0.1) is 34.6 Å². The first-order valence-electron chi connectivity index (χ1n) is 12.1. The van der Waals surface area contributed by atoms with Gasteiger partial charge in [-0.05, 0) is 104 Å². The maximum absolute atomic E-state index is 11.6. The van der Waals surface area contributed by atoms with E-state index in [1.54, 1.807) is 44.2 Å². The minimum atomic E-state index is -4.24. The Morgan fingerprint density at radius 1 is 0.744 bits per heavy atom. The number of carboxylic acid groups (broad SMARTS) is 1. The molecule has 1 amide bonds. The molecule has 0 aliphatic rings. The fourth-order valence-corrected chi connectivity index (χ4v) is 4.93. The first-order valence-corrected chi connectivity index (χ1v) is 13.5. The highest BCUT2D eigenvalue weighted by Gasteiger charge is 2.16. The maximum Gasteiger partial charge on any atom is 0.303 e. The molecule has 5 N–H and O–H groups in total. The summed E-state index contributed by atoms with van der Waals surface area (Å²) in [6.07, 6.45) is -0.260.